The van der Waals surface area contributed by atoms with E-state index in [-0.39, 0.29) is 24.9 Å². The molecule has 1 aromatic rings. The number of carbonyl (C=O) groups excluding carboxylic acids is 2. The van der Waals surface area contributed by atoms with Crippen molar-refractivity contribution in [1.82, 2.24) is 4.90 Å². The van der Waals surface area contributed by atoms with Crippen LogP contribution >= 0.6 is 0 Å². The summed E-state index contributed by atoms with van der Waals surface area (Å²) in [6, 6.07) is 6.01. The molecule has 0 radical (unpaired) electrons. The van der Waals surface area contributed by atoms with Crippen LogP contribution in [-0.2, 0) is 9.59 Å². The van der Waals surface area contributed by atoms with Gasteiger partial charge in [0.05, 0.1) is 12.2 Å². The molecule has 0 N–H and O–H groups in total. The molecule has 1 aliphatic rings. The van der Waals surface area contributed by atoms with Crippen LogP contribution in [0.25, 0.3) is 0 Å². The molecule has 0 saturated carbocycles. The number of aryl methyl sites for hydroxylation is 1. The Morgan fingerprint density at radius 3 is 2.42 bits per heavy atom. The van der Waals surface area contributed by atoms with Crippen molar-refractivity contribution < 1.29 is 9.59 Å². The number of piperazine rings is 1. The number of nitrogens with zero attached hydrogens (tertiary/aromatic N) is 2. The zero-order valence-corrected chi connectivity index (χ0v) is 11.9. The summed E-state index contributed by atoms with van der Waals surface area (Å²) in [5.41, 5.74) is 3.06. The molecule has 0 aliphatic carbocycles. The maximum Gasteiger partial charge on any atom is 0.247 e. The quantitative estimate of drug-likeness (QED) is 0.815. The van der Waals surface area contributed by atoms with Crippen LogP contribution in [0.1, 0.15) is 30.9 Å². The van der Waals surface area contributed by atoms with E-state index in [4.69, 9.17) is 0 Å². The third kappa shape index (κ3) is 2.48. The van der Waals surface area contributed by atoms with Crippen molar-refractivity contribution in [3.8, 4) is 0 Å². The number of rotatable bonds is 2. The smallest absolute Gasteiger partial charge is 0.247 e. The van der Waals surface area contributed by atoms with E-state index in [2.05, 4.69) is 13.8 Å². The van der Waals surface area contributed by atoms with Gasteiger partial charge in [-0.3, -0.25) is 9.59 Å². The third-order valence-corrected chi connectivity index (χ3v) is 3.55. The van der Waals surface area contributed by atoms with Gasteiger partial charge in [-0.1, -0.05) is 32.0 Å². The molecule has 0 unspecified atom stereocenters. The van der Waals surface area contributed by atoms with Crippen LogP contribution in [0.2, 0.25) is 0 Å². The first-order chi connectivity index (χ1) is 8.91. The van der Waals surface area contributed by atoms with Gasteiger partial charge in [0.2, 0.25) is 11.8 Å². The van der Waals surface area contributed by atoms with E-state index in [9.17, 15) is 9.59 Å². The number of para-hydroxylation sites is 1. The highest BCUT2D eigenvalue weighted by Crippen LogP contribution is 2.31. The van der Waals surface area contributed by atoms with Crippen LogP contribution < -0.4 is 4.90 Å². The summed E-state index contributed by atoms with van der Waals surface area (Å²) in [5, 5.41) is 0. The molecule has 1 aliphatic heterocycles. The molecule has 1 saturated heterocycles. The van der Waals surface area contributed by atoms with Crippen LogP contribution in [-0.4, -0.2) is 36.9 Å². The van der Waals surface area contributed by atoms with Gasteiger partial charge in [0.25, 0.3) is 0 Å². The minimum atomic E-state index is -0.0161. The van der Waals surface area contributed by atoms with Gasteiger partial charge < -0.3 is 9.80 Å². The van der Waals surface area contributed by atoms with Crippen molar-refractivity contribution in [2.24, 2.45) is 0 Å². The topological polar surface area (TPSA) is 40.6 Å². The first-order valence-electron chi connectivity index (χ1n) is 6.55. The Balaban J connectivity index is 2.46. The molecule has 2 amide bonds. The highest BCUT2D eigenvalue weighted by molar-refractivity contribution is 6.05. The maximum absolute atomic E-state index is 12.2. The molecule has 0 aromatic heterocycles. The zero-order valence-electron chi connectivity index (χ0n) is 11.9. The van der Waals surface area contributed by atoms with Crippen LogP contribution in [0.3, 0.4) is 0 Å². The summed E-state index contributed by atoms with van der Waals surface area (Å²) in [7, 11) is 1.67. The van der Waals surface area contributed by atoms with Crippen molar-refractivity contribution in [2.75, 3.05) is 25.0 Å². The van der Waals surface area contributed by atoms with Gasteiger partial charge >= 0.3 is 0 Å². The average Bonchev–Trinajstić information content (AvgIpc) is 2.34. The molecule has 102 valence electrons. The van der Waals surface area contributed by atoms with Gasteiger partial charge in [0.1, 0.15) is 6.54 Å². The van der Waals surface area contributed by atoms with Crippen LogP contribution in [0, 0.1) is 6.92 Å². The first-order valence-corrected chi connectivity index (χ1v) is 6.55. The number of benzene rings is 1. The Labute approximate surface area is 114 Å². The lowest BCUT2D eigenvalue weighted by molar-refractivity contribution is -0.136. The lowest BCUT2D eigenvalue weighted by atomic mass is 9.97. The minimum absolute atomic E-state index is 0.0155. The third-order valence-electron chi connectivity index (χ3n) is 3.55. The number of anilines is 1. The summed E-state index contributed by atoms with van der Waals surface area (Å²) >= 11 is 0. The van der Waals surface area contributed by atoms with Gasteiger partial charge in [-0.25, -0.2) is 0 Å². The van der Waals surface area contributed by atoms with E-state index in [0.29, 0.717) is 5.92 Å². The summed E-state index contributed by atoms with van der Waals surface area (Å²) in [6.45, 7) is 6.48. The van der Waals surface area contributed by atoms with Crippen molar-refractivity contribution in [3.63, 3.8) is 0 Å². The maximum atomic E-state index is 12.2. The largest absolute Gasteiger partial charge is 0.335 e. The summed E-state index contributed by atoms with van der Waals surface area (Å²) in [6.07, 6.45) is 0. The van der Waals surface area contributed by atoms with Gasteiger partial charge in [0.15, 0.2) is 0 Å². The minimum Gasteiger partial charge on any atom is -0.335 e. The summed E-state index contributed by atoms with van der Waals surface area (Å²) in [4.78, 5) is 27.2. The van der Waals surface area contributed by atoms with E-state index in [1.54, 1.807) is 11.9 Å². The van der Waals surface area contributed by atoms with Crippen molar-refractivity contribution >= 4 is 17.5 Å². The normalized spacial score (nSPS) is 16.5. The highest BCUT2D eigenvalue weighted by Gasteiger charge is 2.30. The van der Waals surface area contributed by atoms with E-state index < -0.39 is 0 Å². The van der Waals surface area contributed by atoms with E-state index in [0.717, 1.165) is 16.8 Å². The number of carbonyl (C=O) groups is 2. The second-order valence-corrected chi connectivity index (χ2v) is 5.40. The first kappa shape index (κ1) is 13.6. The number of likely N-dealkylation sites (N-methyl/N-ethyl adjacent to an activating group) is 1. The van der Waals surface area contributed by atoms with Gasteiger partial charge in [-0.15, -0.1) is 0 Å². The molecular formula is C15H20N2O2. The van der Waals surface area contributed by atoms with Crippen LogP contribution in [0.5, 0.6) is 0 Å². The standard InChI is InChI=1S/C15H20N2O2/c1-10(2)12-7-5-6-11(3)15(12)17-9-13(18)16(4)8-14(17)19/h5-7,10H,8-9H2,1-4H3. The zero-order chi connectivity index (χ0) is 14.2. The highest BCUT2D eigenvalue weighted by atomic mass is 16.2. The van der Waals surface area contributed by atoms with Crippen molar-refractivity contribution in [3.05, 3.63) is 29.3 Å². The predicted molar refractivity (Wildman–Crippen MR) is 75.3 cm³/mol. The van der Waals surface area contributed by atoms with E-state index >= 15 is 0 Å². The lowest BCUT2D eigenvalue weighted by Crippen LogP contribution is -2.52. The molecule has 19 heavy (non-hydrogen) atoms. The second-order valence-electron chi connectivity index (χ2n) is 5.40. The van der Waals surface area contributed by atoms with Gasteiger partial charge in [0, 0.05) is 7.05 Å². The number of hydrogen-bond acceptors (Lipinski definition) is 2. The van der Waals surface area contributed by atoms with Crippen LogP contribution in [0.4, 0.5) is 5.69 Å². The Morgan fingerprint density at radius 1 is 1.11 bits per heavy atom. The van der Waals surface area contributed by atoms with Crippen molar-refractivity contribution in [1.29, 1.82) is 0 Å². The van der Waals surface area contributed by atoms with E-state index in [1.165, 1.54) is 4.90 Å². The fourth-order valence-corrected chi connectivity index (χ4v) is 2.44. The summed E-state index contributed by atoms with van der Waals surface area (Å²) < 4.78 is 0. The Hall–Kier alpha value is -1.84. The average molecular weight is 260 g/mol. The molecule has 4 nitrogen and oxygen atoms in total. The molecule has 0 atom stereocenters. The van der Waals surface area contributed by atoms with E-state index in [1.807, 2.05) is 25.1 Å². The molecule has 1 fully saturated rings. The van der Waals surface area contributed by atoms with Gasteiger partial charge in [-0.05, 0) is 24.0 Å². The van der Waals surface area contributed by atoms with Crippen LogP contribution in [0.15, 0.2) is 18.2 Å². The SMILES string of the molecule is Cc1cccc(C(C)C)c1N1CC(=O)N(C)CC1=O. The van der Waals surface area contributed by atoms with Gasteiger partial charge in [-0.2, -0.15) is 0 Å². The Bertz CT molecular complexity index is 523. The summed E-state index contributed by atoms with van der Waals surface area (Å²) in [5.74, 6) is 0.285. The predicted octanol–water partition coefficient (Wildman–Crippen LogP) is 1.92. The number of amides is 2. The monoisotopic (exact) mass is 260 g/mol. The molecule has 0 bridgehead atoms. The molecule has 0 spiro atoms. The molecular weight excluding hydrogens is 240 g/mol. The molecule has 1 aromatic carbocycles. The fraction of sp³-hybridized carbons (Fsp3) is 0.467. The Morgan fingerprint density at radius 2 is 1.79 bits per heavy atom. The lowest BCUT2D eigenvalue weighted by Gasteiger charge is -2.34. The molecule has 4 heteroatoms. The molecule has 2 rings (SSSR count). The Kier molecular flexibility index (Phi) is 3.60. The fourth-order valence-electron chi connectivity index (χ4n) is 2.44. The second kappa shape index (κ2) is 5.03. The number of hydrogen-bond donors (Lipinski definition) is 0. The van der Waals surface area contributed by atoms with Crippen molar-refractivity contribution in [2.45, 2.75) is 26.7 Å². The molecule has 1 heterocycles.